The molecule has 1 aromatic carbocycles. The number of nitrogens with zero attached hydrogens (tertiary/aromatic N) is 1. The number of aliphatic carboxylic acids is 1. The number of carbonyl (C=O) groups is 1. The molecule has 1 saturated heterocycles. The van der Waals surface area contributed by atoms with Gasteiger partial charge in [0.2, 0.25) is 0 Å². The van der Waals surface area contributed by atoms with E-state index in [-0.39, 0.29) is 11.9 Å². The average Bonchev–Trinajstić information content (AvgIpc) is 2.80. The Kier molecular flexibility index (Phi) is 4.10. The summed E-state index contributed by atoms with van der Waals surface area (Å²) in [6, 6.07) is 5.86. The Morgan fingerprint density at radius 1 is 1.44 bits per heavy atom. The van der Waals surface area contributed by atoms with E-state index in [1.807, 2.05) is 17.1 Å². The number of hydrogen-bond donors (Lipinski definition) is 1. The zero-order chi connectivity index (χ0) is 13.0. The van der Waals surface area contributed by atoms with Gasteiger partial charge in [-0.3, -0.25) is 9.69 Å². The smallest absolute Gasteiger partial charge is 0.320 e. The normalized spacial score (nSPS) is 20.6. The van der Waals surface area contributed by atoms with E-state index in [1.54, 1.807) is 12.1 Å². The van der Waals surface area contributed by atoms with Crippen LogP contribution < -0.4 is 0 Å². The molecule has 2 rings (SSSR count). The maximum Gasteiger partial charge on any atom is 0.320 e. The van der Waals surface area contributed by atoms with Gasteiger partial charge in [-0.1, -0.05) is 24.3 Å². The number of hydrogen-bond acceptors (Lipinski definition) is 2. The van der Waals surface area contributed by atoms with Crippen molar-refractivity contribution < 1.29 is 14.3 Å². The molecule has 1 heterocycles. The van der Waals surface area contributed by atoms with Crippen LogP contribution in [0.15, 0.2) is 30.3 Å². The number of halogens is 1. The summed E-state index contributed by atoms with van der Waals surface area (Å²) in [5, 5.41) is 9.02. The van der Waals surface area contributed by atoms with Crippen LogP contribution in [0.5, 0.6) is 0 Å². The molecular weight excluding hydrogens is 233 g/mol. The molecule has 1 atom stereocenters. The summed E-state index contributed by atoms with van der Waals surface area (Å²) in [6.07, 6.45) is 5.46. The van der Waals surface area contributed by atoms with E-state index in [1.165, 1.54) is 12.1 Å². The number of carboxylic acid groups (broad SMARTS) is 1. The van der Waals surface area contributed by atoms with Crippen molar-refractivity contribution in [3.8, 4) is 0 Å². The zero-order valence-corrected chi connectivity index (χ0v) is 10.1. The van der Waals surface area contributed by atoms with Crippen LogP contribution in [0.2, 0.25) is 0 Å². The monoisotopic (exact) mass is 249 g/mol. The van der Waals surface area contributed by atoms with Crippen LogP contribution in [0.4, 0.5) is 4.39 Å². The SMILES string of the molecule is O=C(O)C1CCCN1C/C=C/c1ccc(F)cc1. The predicted octanol–water partition coefficient (Wildman–Crippen LogP) is 2.39. The van der Waals surface area contributed by atoms with Gasteiger partial charge in [-0.25, -0.2) is 4.39 Å². The lowest BCUT2D eigenvalue weighted by Crippen LogP contribution is -2.35. The third-order valence-corrected chi connectivity index (χ3v) is 3.17. The maximum absolute atomic E-state index is 12.7. The van der Waals surface area contributed by atoms with Crippen molar-refractivity contribution in [2.45, 2.75) is 18.9 Å². The molecule has 0 saturated carbocycles. The number of rotatable bonds is 4. The van der Waals surface area contributed by atoms with Gasteiger partial charge in [0.15, 0.2) is 0 Å². The van der Waals surface area contributed by atoms with Crippen LogP contribution in [0.3, 0.4) is 0 Å². The van der Waals surface area contributed by atoms with Crippen molar-refractivity contribution in [2.75, 3.05) is 13.1 Å². The second kappa shape index (κ2) is 5.78. The van der Waals surface area contributed by atoms with Gasteiger partial charge in [0.25, 0.3) is 0 Å². The van der Waals surface area contributed by atoms with Crippen LogP contribution >= 0.6 is 0 Å². The third kappa shape index (κ3) is 3.17. The lowest BCUT2D eigenvalue weighted by atomic mass is 10.2. The number of carboxylic acids is 1. The molecule has 0 bridgehead atoms. The standard InChI is InChI=1S/C14H16FNO2/c15-12-7-5-11(6-8-12)3-1-9-16-10-2-4-13(16)14(17)18/h1,3,5-8,13H,2,4,9-10H2,(H,17,18)/b3-1+. The van der Waals surface area contributed by atoms with E-state index in [0.29, 0.717) is 6.54 Å². The van der Waals surface area contributed by atoms with Gasteiger partial charge in [-0.2, -0.15) is 0 Å². The van der Waals surface area contributed by atoms with E-state index < -0.39 is 5.97 Å². The van der Waals surface area contributed by atoms with Crippen molar-refractivity contribution in [1.82, 2.24) is 4.90 Å². The topological polar surface area (TPSA) is 40.5 Å². The Hall–Kier alpha value is -1.68. The molecule has 18 heavy (non-hydrogen) atoms. The highest BCUT2D eigenvalue weighted by Crippen LogP contribution is 2.17. The largest absolute Gasteiger partial charge is 0.480 e. The summed E-state index contributed by atoms with van der Waals surface area (Å²) in [4.78, 5) is 12.9. The van der Waals surface area contributed by atoms with Gasteiger partial charge in [-0.05, 0) is 37.1 Å². The van der Waals surface area contributed by atoms with Gasteiger partial charge in [0, 0.05) is 6.54 Å². The highest BCUT2D eigenvalue weighted by molar-refractivity contribution is 5.73. The van der Waals surface area contributed by atoms with Crippen molar-refractivity contribution >= 4 is 12.0 Å². The Balaban J connectivity index is 1.91. The summed E-state index contributed by atoms with van der Waals surface area (Å²) >= 11 is 0. The zero-order valence-electron chi connectivity index (χ0n) is 10.1. The van der Waals surface area contributed by atoms with Crippen LogP contribution in [0, 0.1) is 5.82 Å². The van der Waals surface area contributed by atoms with Crippen LogP contribution in [-0.2, 0) is 4.79 Å². The van der Waals surface area contributed by atoms with Crippen LogP contribution in [-0.4, -0.2) is 35.1 Å². The fraction of sp³-hybridized carbons (Fsp3) is 0.357. The highest BCUT2D eigenvalue weighted by Gasteiger charge is 2.29. The molecule has 0 aliphatic carbocycles. The predicted molar refractivity (Wildman–Crippen MR) is 67.7 cm³/mol. The molecule has 3 nitrogen and oxygen atoms in total. The first kappa shape index (κ1) is 12.8. The summed E-state index contributed by atoms with van der Waals surface area (Å²) < 4.78 is 12.7. The molecule has 1 aliphatic heterocycles. The van der Waals surface area contributed by atoms with Gasteiger partial charge in [0.05, 0.1) is 0 Å². The molecular formula is C14H16FNO2. The Morgan fingerprint density at radius 3 is 2.83 bits per heavy atom. The quantitative estimate of drug-likeness (QED) is 0.890. The van der Waals surface area contributed by atoms with E-state index in [2.05, 4.69) is 0 Å². The second-order valence-corrected chi connectivity index (χ2v) is 4.45. The van der Waals surface area contributed by atoms with Gasteiger partial charge in [-0.15, -0.1) is 0 Å². The minimum absolute atomic E-state index is 0.252. The van der Waals surface area contributed by atoms with E-state index in [9.17, 15) is 9.18 Å². The lowest BCUT2D eigenvalue weighted by molar-refractivity contribution is -0.141. The third-order valence-electron chi connectivity index (χ3n) is 3.17. The van der Waals surface area contributed by atoms with Crippen LogP contribution in [0.1, 0.15) is 18.4 Å². The summed E-state index contributed by atoms with van der Waals surface area (Å²) in [5.74, 6) is -1.000. The first-order chi connectivity index (χ1) is 8.66. The molecule has 0 amide bonds. The molecule has 1 N–H and O–H groups in total. The Morgan fingerprint density at radius 2 is 2.17 bits per heavy atom. The van der Waals surface area contributed by atoms with E-state index >= 15 is 0 Å². The molecule has 1 unspecified atom stereocenters. The number of likely N-dealkylation sites (tertiary alicyclic amines) is 1. The lowest BCUT2D eigenvalue weighted by Gasteiger charge is -2.18. The molecule has 1 aromatic rings. The molecule has 0 radical (unpaired) electrons. The maximum atomic E-state index is 12.7. The molecule has 0 aromatic heterocycles. The van der Waals surface area contributed by atoms with Gasteiger partial charge >= 0.3 is 5.97 Å². The van der Waals surface area contributed by atoms with E-state index in [4.69, 9.17) is 5.11 Å². The van der Waals surface area contributed by atoms with Crippen molar-refractivity contribution in [3.63, 3.8) is 0 Å². The fourth-order valence-corrected chi connectivity index (χ4v) is 2.22. The van der Waals surface area contributed by atoms with Gasteiger partial charge < -0.3 is 5.11 Å². The van der Waals surface area contributed by atoms with E-state index in [0.717, 1.165) is 24.9 Å². The van der Waals surface area contributed by atoms with Crippen molar-refractivity contribution in [1.29, 1.82) is 0 Å². The first-order valence-corrected chi connectivity index (χ1v) is 6.06. The average molecular weight is 249 g/mol. The molecule has 4 heteroatoms. The second-order valence-electron chi connectivity index (χ2n) is 4.45. The van der Waals surface area contributed by atoms with Gasteiger partial charge in [0.1, 0.15) is 11.9 Å². The summed E-state index contributed by atoms with van der Waals surface area (Å²) in [5.41, 5.74) is 0.919. The van der Waals surface area contributed by atoms with Crippen LogP contribution in [0.25, 0.3) is 6.08 Å². The minimum atomic E-state index is -0.748. The first-order valence-electron chi connectivity index (χ1n) is 6.06. The Bertz CT molecular complexity index is 442. The Labute approximate surface area is 106 Å². The molecule has 0 spiro atoms. The van der Waals surface area contributed by atoms with Crippen molar-refractivity contribution in [3.05, 3.63) is 41.7 Å². The number of benzene rings is 1. The summed E-state index contributed by atoms with van der Waals surface area (Å²) in [7, 11) is 0. The highest BCUT2D eigenvalue weighted by atomic mass is 19.1. The minimum Gasteiger partial charge on any atom is -0.480 e. The molecule has 1 aliphatic rings. The van der Waals surface area contributed by atoms with Crippen molar-refractivity contribution in [2.24, 2.45) is 0 Å². The molecule has 1 fully saturated rings. The summed E-state index contributed by atoms with van der Waals surface area (Å²) in [6.45, 7) is 1.44. The fourth-order valence-electron chi connectivity index (χ4n) is 2.22. The molecule has 96 valence electrons.